The summed E-state index contributed by atoms with van der Waals surface area (Å²) in [7, 11) is 0. The van der Waals surface area contributed by atoms with E-state index in [0.717, 1.165) is 92.7 Å². The number of fused-ring (bicyclic) bond motifs is 4. The largest absolute Gasteiger partial charge is 0.299 e. The Morgan fingerprint density at radius 1 is 0.912 bits per heavy atom. The number of imide groups is 2. The van der Waals surface area contributed by atoms with Gasteiger partial charge < -0.3 is 0 Å². The Morgan fingerprint density at radius 2 is 1.70 bits per heavy atom. The molecule has 14 nitrogen and oxygen atoms in total. The molecule has 0 bridgehead atoms. The van der Waals surface area contributed by atoms with Crippen molar-refractivity contribution in [1.29, 1.82) is 0 Å². The molecule has 288 valence electrons. The number of aliphatic imine (C=N–C) groups is 1. The molecule has 7 heterocycles. The fourth-order valence-corrected chi connectivity index (χ4v) is 9.31. The molecular weight excluding hydrogens is 764 g/mol. The van der Waals surface area contributed by atoms with Crippen LogP contribution in [0, 0.1) is 25.7 Å². The van der Waals surface area contributed by atoms with Gasteiger partial charge in [0.05, 0.1) is 40.0 Å². The van der Waals surface area contributed by atoms with E-state index in [2.05, 4.69) is 53.7 Å². The van der Waals surface area contributed by atoms with E-state index in [1.54, 1.807) is 29.7 Å². The normalized spacial score (nSPS) is 18.4. The number of thiophene rings is 1. The van der Waals surface area contributed by atoms with Crippen LogP contribution < -0.4 is 5.32 Å². The fraction of sp³-hybridized carbons (Fsp3) is 0.317. The Kier molecular flexibility index (Phi) is 9.65. The molecule has 1 N–H and O–H groups in total. The van der Waals surface area contributed by atoms with Gasteiger partial charge in [-0.25, -0.2) is 0 Å². The number of nitrogens with one attached hydrogen (secondary N) is 1. The standard InChI is InChI=1S/C41H37ClN10O4S/c1-24-32(57-41-35(24)37(27-7-9-29(42)10-8-27)43-21-33-47-46-25(2)51(33)41)12-6-26-20-44-50(22-26)19-18-48-14-16-49(17-15-48)23-28-4-3-5-30-36(28)40(56)52(39(30)55)31-11-13-34(53)45-38(31)54/h3-5,7-10,20,22,31H,11,13-19,21,23H2,1-2H3,(H,45,53,54). The number of amides is 4. The molecule has 2 aromatic carbocycles. The quantitative estimate of drug-likeness (QED) is 0.192. The second-order valence-electron chi connectivity index (χ2n) is 14.6. The minimum absolute atomic E-state index is 0.0875. The number of aromatic nitrogens is 5. The molecule has 57 heavy (non-hydrogen) atoms. The second-order valence-corrected chi connectivity index (χ2v) is 16.0. The van der Waals surface area contributed by atoms with E-state index in [1.165, 1.54) is 0 Å². The van der Waals surface area contributed by atoms with Gasteiger partial charge in [-0.1, -0.05) is 47.7 Å². The molecule has 4 aliphatic heterocycles. The van der Waals surface area contributed by atoms with Crippen LogP contribution in [0.2, 0.25) is 5.02 Å². The summed E-state index contributed by atoms with van der Waals surface area (Å²) in [4.78, 5) is 62.6. The van der Waals surface area contributed by atoms with Crippen molar-refractivity contribution in [1.82, 2.24) is 44.6 Å². The summed E-state index contributed by atoms with van der Waals surface area (Å²) in [5.41, 5.74) is 6.20. The van der Waals surface area contributed by atoms with Crippen LogP contribution in [0.3, 0.4) is 0 Å². The molecule has 9 rings (SSSR count). The van der Waals surface area contributed by atoms with Crippen molar-refractivity contribution >= 4 is 52.3 Å². The molecule has 4 amide bonds. The van der Waals surface area contributed by atoms with Gasteiger partial charge in [0.15, 0.2) is 5.82 Å². The minimum Gasteiger partial charge on any atom is -0.299 e. The molecule has 2 saturated heterocycles. The molecule has 4 aliphatic rings. The third kappa shape index (κ3) is 6.88. The molecule has 0 aliphatic carbocycles. The van der Waals surface area contributed by atoms with Crippen LogP contribution in [0.1, 0.15) is 77.9 Å². The zero-order valence-electron chi connectivity index (χ0n) is 31.3. The molecule has 0 radical (unpaired) electrons. The highest BCUT2D eigenvalue weighted by Gasteiger charge is 2.45. The van der Waals surface area contributed by atoms with Gasteiger partial charge in [-0.3, -0.25) is 53.4 Å². The van der Waals surface area contributed by atoms with Crippen molar-refractivity contribution in [2.45, 2.75) is 52.4 Å². The number of rotatable bonds is 7. The smallest absolute Gasteiger partial charge is 0.262 e. The second kappa shape index (κ2) is 14.9. The van der Waals surface area contributed by atoms with Gasteiger partial charge in [-0.05, 0) is 49.6 Å². The maximum Gasteiger partial charge on any atom is 0.262 e. The molecular formula is C41H37ClN10O4S. The van der Waals surface area contributed by atoms with Gasteiger partial charge in [0.2, 0.25) is 11.8 Å². The van der Waals surface area contributed by atoms with Gasteiger partial charge in [0.25, 0.3) is 11.8 Å². The van der Waals surface area contributed by atoms with Crippen molar-refractivity contribution in [3.63, 3.8) is 0 Å². The zero-order chi connectivity index (χ0) is 39.4. The summed E-state index contributed by atoms with van der Waals surface area (Å²) in [5, 5.41) is 17.3. The molecule has 16 heteroatoms. The number of nitrogens with zero attached hydrogens (tertiary/aromatic N) is 9. The number of hydrogen-bond acceptors (Lipinski definition) is 11. The third-order valence-electron chi connectivity index (χ3n) is 11.0. The zero-order valence-corrected chi connectivity index (χ0v) is 32.9. The van der Waals surface area contributed by atoms with Crippen molar-refractivity contribution in [3.05, 3.63) is 115 Å². The first-order valence-electron chi connectivity index (χ1n) is 18.8. The maximum absolute atomic E-state index is 13.5. The lowest BCUT2D eigenvalue weighted by molar-refractivity contribution is -0.136. The van der Waals surface area contributed by atoms with Crippen LogP contribution >= 0.6 is 22.9 Å². The third-order valence-corrected chi connectivity index (χ3v) is 12.4. The van der Waals surface area contributed by atoms with Crippen LogP contribution in [-0.2, 0) is 29.2 Å². The van der Waals surface area contributed by atoms with E-state index in [9.17, 15) is 19.2 Å². The van der Waals surface area contributed by atoms with E-state index >= 15 is 0 Å². The fourth-order valence-electron chi connectivity index (χ4n) is 7.95. The number of piperazine rings is 1. The number of piperidine rings is 1. The average Bonchev–Trinajstić information content (AvgIpc) is 3.93. The van der Waals surface area contributed by atoms with Gasteiger partial charge in [-0.15, -0.1) is 21.5 Å². The van der Waals surface area contributed by atoms with E-state index in [4.69, 9.17) is 16.6 Å². The van der Waals surface area contributed by atoms with Crippen LogP contribution in [0.25, 0.3) is 5.00 Å². The Bertz CT molecular complexity index is 2570. The molecule has 0 spiro atoms. The van der Waals surface area contributed by atoms with E-state index in [-0.39, 0.29) is 12.8 Å². The monoisotopic (exact) mass is 800 g/mol. The number of benzene rings is 2. The molecule has 5 aromatic rings. The first-order valence-corrected chi connectivity index (χ1v) is 20.0. The number of halogens is 1. The molecule has 1 atom stereocenters. The van der Waals surface area contributed by atoms with Crippen molar-refractivity contribution in [2.75, 3.05) is 32.7 Å². The topological polar surface area (TPSA) is 151 Å². The Hall–Kier alpha value is -5.79. The highest BCUT2D eigenvalue weighted by molar-refractivity contribution is 7.15. The van der Waals surface area contributed by atoms with Gasteiger partial charge in [0, 0.05) is 68.0 Å². The van der Waals surface area contributed by atoms with Gasteiger partial charge >= 0.3 is 0 Å². The number of carbonyl (C=O) groups excluding carboxylic acids is 4. The summed E-state index contributed by atoms with van der Waals surface area (Å²) in [6.45, 7) is 9.78. The number of carbonyl (C=O) groups is 4. The van der Waals surface area contributed by atoms with Gasteiger partial charge in [-0.2, -0.15) is 5.10 Å². The summed E-state index contributed by atoms with van der Waals surface area (Å²) >= 11 is 7.82. The summed E-state index contributed by atoms with van der Waals surface area (Å²) < 4.78 is 4.01. The first-order chi connectivity index (χ1) is 27.6. The molecule has 3 aromatic heterocycles. The van der Waals surface area contributed by atoms with E-state index in [1.807, 2.05) is 48.1 Å². The van der Waals surface area contributed by atoms with Crippen molar-refractivity contribution in [2.24, 2.45) is 4.99 Å². The Morgan fingerprint density at radius 3 is 2.49 bits per heavy atom. The van der Waals surface area contributed by atoms with Gasteiger partial charge in [0.1, 0.15) is 23.4 Å². The highest BCUT2D eigenvalue weighted by Crippen LogP contribution is 2.37. The SMILES string of the molecule is Cc1c(C#Cc2cnn(CCN3CCN(Cc4cccc5c4C(=O)N(C4CCC(=O)NC4=O)C5=O)CC3)c2)sc2c1C(c1ccc(Cl)cc1)=NCc1nnc(C)n1-2. The van der Waals surface area contributed by atoms with Crippen LogP contribution in [0.4, 0.5) is 0 Å². The van der Waals surface area contributed by atoms with Crippen LogP contribution in [0.5, 0.6) is 0 Å². The number of aryl methyl sites for hydroxylation is 1. The average molecular weight is 801 g/mol. The summed E-state index contributed by atoms with van der Waals surface area (Å²) in [6.07, 6.45) is 4.00. The summed E-state index contributed by atoms with van der Waals surface area (Å²) in [5.74, 6) is 6.38. The molecule has 1 unspecified atom stereocenters. The van der Waals surface area contributed by atoms with Crippen LogP contribution in [0.15, 0.2) is 59.9 Å². The van der Waals surface area contributed by atoms with Crippen molar-refractivity contribution < 1.29 is 19.2 Å². The highest BCUT2D eigenvalue weighted by atomic mass is 35.5. The van der Waals surface area contributed by atoms with Crippen molar-refractivity contribution in [3.8, 4) is 16.8 Å². The molecule has 2 fully saturated rings. The number of hydrogen-bond donors (Lipinski definition) is 1. The van der Waals surface area contributed by atoms with Crippen LogP contribution in [-0.4, -0.2) is 107 Å². The molecule has 0 saturated carbocycles. The predicted molar refractivity (Wildman–Crippen MR) is 213 cm³/mol. The lowest BCUT2D eigenvalue weighted by Crippen LogP contribution is -2.54. The maximum atomic E-state index is 13.5. The summed E-state index contributed by atoms with van der Waals surface area (Å²) in [6, 6.07) is 12.0. The Balaban J connectivity index is 0.829. The first kappa shape index (κ1) is 36.8. The lowest BCUT2D eigenvalue weighted by atomic mass is 10.00. The minimum atomic E-state index is -0.982. The predicted octanol–water partition coefficient (Wildman–Crippen LogP) is 3.77. The Labute approximate surface area is 337 Å². The lowest BCUT2D eigenvalue weighted by Gasteiger charge is -2.35. The van der Waals surface area contributed by atoms with E-state index in [0.29, 0.717) is 35.8 Å². The van der Waals surface area contributed by atoms with E-state index < -0.39 is 29.7 Å².